The summed E-state index contributed by atoms with van der Waals surface area (Å²) in [6.45, 7) is 7.39. The molecule has 156 valence electrons. The Morgan fingerprint density at radius 3 is 2.40 bits per heavy atom. The standard InChI is InChI=1S/C22H25N5O3/c1-4-30-22(28)17-8-9-19(25-24-17)26-10-12-27(13-11-26)20-14-15(2)16-6-5-7-18(29-3)21(16)23-20/h5-9,14H,4,10-13H2,1-3H3. The fraction of sp³-hybridized carbons (Fsp3) is 0.364. The summed E-state index contributed by atoms with van der Waals surface area (Å²) in [5.74, 6) is 2.04. The topological polar surface area (TPSA) is 80.7 Å². The highest BCUT2D eigenvalue weighted by Crippen LogP contribution is 2.29. The number of aryl methyl sites for hydroxylation is 1. The van der Waals surface area contributed by atoms with Crippen molar-refractivity contribution in [1.29, 1.82) is 0 Å². The maximum absolute atomic E-state index is 11.7. The first-order valence-corrected chi connectivity index (χ1v) is 10.1. The molecular formula is C22H25N5O3. The lowest BCUT2D eigenvalue weighted by molar-refractivity contribution is 0.0518. The van der Waals surface area contributed by atoms with Gasteiger partial charge in [0.25, 0.3) is 0 Å². The van der Waals surface area contributed by atoms with Crippen molar-refractivity contribution in [2.24, 2.45) is 0 Å². The molecule has 1 aliphatic heterocycles. The number of nitrogens with zero attached hydrogens (tertiary/aromatic N) is 5. The molecule has 0 saturated carbocycles. The van der Waals surface area contributed by atoms with Crippen LogP contribution in [0.2, 0.25) is 0 Å². The second-order valence-electron chi connectivity index (χ2n) is 7.13. The molecular weight excluding hydrogens is 382 g/mol. The van der Waals surface area contributed by atoms with Gasteiger partial charge in [0, 0.05) is 31.6 Å². The zero-order chi connectivity index (χ0) is 21.1. The van der Waals surface area contributed by atoms with Crippen molar-refractivity contribution in [1.82, 2.24) is 15.2 Å². The van der Waals surface area contributed by atoms with Crippen LogP contribution in [-0.2, 0) is 4.74 Å². The van der Waals surface area contributed by atoms with Gasteiger partial charge in [0.15, 0.2) is 11.5 Å². The Balaban J connectivity index is 1.48. The molecule has 4 rings (SSSR count). The van der Waals surface area contributed by atoms with E-state index in [1.165, 1.54) is 5.56 Å². The van der Waals surface area contributed by atoms with Gasteiger partial charge in [0.2, 0.25) is 0 Å². The average molecular weight is 407 g/mol. The Hall–Kier alpha value is -3.42. The quantitative estimate of drug-likeness (QED) is 0.598. The van der Waals surface area contributed by atoms with E-state index in [1.54, 1.807) is 20.1 Å². The largest absolute Gasteiger partial charge is 0.494 e. The van der Waals surface area contributed by atoms with Crippen LogP contribution in [-0.4, -0.2) is 61.0 Å². The molecule has 0 amide bonds. The minimum atomic E-state index is -0.449. The molecule has 1 aliphatic rings. The van der Waals surface area contributed by atoms with Crippen molar-refractivity contribution < 1.29 is 14.3 Å². The zero-order valence-electron chi connectivity index (χ0n) is 17.5. The Labute approximate surface area is 175 Å². The average Bonchev–Trinajstić information content (AvgIpc) is 2.79. The molecule has 1 aromatic carbocycles. The van der Waals surface area contributed by atoms with E-state index in [0.717, 1.165) is 54.5 Å². The van der Waals surface area contributed by atoms with Gasteiger partial charge in [-0.15, -0.1) is 10.2 Å². The van der Waals surface area contributed by atoms with Crippen molar-refractivity contribution in [2.45, 2.75) is 13.8 Å². The number of esters is 1. The van der Waals surface area contributed by atoms with E-state index in [-0.39, 0.29) is 5.69 Å². The molecule has 3 aromatic rings. The maximum atomic E-state index is 11.7. The molecule has 0 spiro atoms. The van der Waals surface area contributed by atoms with Crippen LogP contribution in [0.15, 0.2) is 36.4 Å². The predicted molar refractivity (Wildman–Crippen MR) is 115 cm³/mol. The van der Waals surface area contributed by atoms with Crippen molar-refractivity contribution in [3.8, 4) is 5.75 Å². The number of benzene rings is 1. The van der Waals surface area contributed by atoms with Gasteiger partial charge in [-0.25, -0.2) is 9.78 Å². The molecule has 1 saturated heterocycles. The molecule has 0 radical (unpaired) electrons. The van der Waals surface area contributed by atoms with E-state index in [0.29, 0.717) is 6.61 Å². The Morgan fingerprint density at radius 1 is 1.03 bits per heavy atom. The number of ether oxygens (including phenoxy) is 2. The van der Waals surface area contributed by atoms with Crippen LogP contribution >= 0.6 is 0 Å². The molecule has 8 heteroatoms. The van der Waals surface area contributed by atoms with E-state index in [9.17, 15) is 4.79 Å². The van der Waals surface area contributed by atoms with Gasteiger partial charge in [-0.2, -0.15) is 0 Å². The van der Waals surface area contributed by atoms with Crippen LogP contribution in [0.25, 0.3) is 10.9 Å². The highest BCUT2D eigenvalue weighted by Gasteiger charge is 2.21. The third-order valence-electron chi connectivity index (χ3n) is 5.28. The lowest BCUT2D eigenvalue weighted by Crippen LogP contribution is -2.47. The molecule has 1 fully saturated rings. The summed E-state index contributed by atoms with van der Waals surface area (Å²) in [6.07, 6.45) is 0. The molecule has 0 unspecified atom stereocenters. The number of hydrogen-bond acceptors (Lipinski definition) is 8. The molecule has 8 nitrogen and oxygen atoms in total. The summed E-state index contributed by atoms with van der Waals surface area (Å²) in [5, 5.41) is 9.32. The van der Waals surface area contributed by atoms with Gasteiger partial charge in [-0.05, 0) is 43.7 Å². The lowest BCUT2D eigenvalue weighted by Gasteiger charge is -2.36. The molecule has 30 heavy (non-hydrogen) atoms. The summed E-state index contributed by atoms with van der Waals surface area (Å²) in [6, 6.07) is 11.6. The number of fused-ring (bicyclic) bond motifs is 1. The summed E-state index contributed by atoms with van der Waals surface area (Å²) >= 11 is 0. The molecule has 0 bridgehead atoms. The zero-order valence-corrected chi connectivity index (χ0v) is 17.5. The number of hydrogen-bond donors (Lipinski definition) is 0. The van der Waals surface area contributed by atoms with E-state index >= 15 is 0 Å². The van der Waals surface area contributed by atoms with Crippen LogP contribution in [0.3, 0.4) is 0 Å². The minimum Gasteiger partial charge on any atom is -0.494 e. The normalized spacial score (nSPS) is 14.1. The fourth-order valence-corrected chi connectivity index (χ4v) is 3.67. The van der Waals surface area contributed by atoms with E-state index in [1.807, 2.05) is 18.2 Å². The highest BCUT2D eigenvalue weighted by molar-refractivity contribution is 5.89. The van der Waals surface area contributed by atoms with E-state index in [4.69, 9.17) is 14.5 Å². The molecule has 0 N–H and O–H groups in total. The first kappa shape index (κ1) is 19.9. The Bertz CT molecular complexity index is 1050. The van der Waals surface area contributed by atoms with Gasteiger partial charge in [-0.1, -0.05) is 12.1 Å². The number of para-hydroxylation sites is 1. The molecule has 0 atom stereocenters. The van der Waals surface area contributed by atoms with E-state index in [2.05, 4.69) is 39.1 Å². The van der Waals surface area contributed by atoms with Crippen LogP contribution in [0, 0.1) is 6.92 Å². The minimum absolute atomic E-state index is 0.226. The van der Waals surface area contributed by atoms with Crippen molar-refractivity contribution in [3.05, 3.63) is 47.7 Å². The number of carbonyl (C=O) groups excluding carboxylic acids is 1. The number of methoxy groups -OCH3 is 1. The maximum Gasteiger partial charge on any atom is 0.358 e. The predicted octanol–water partition coefficient (Wildman–Crippen LogP) is 2.85. The third kappa shape index (κ3) is 3.85. The molecule has 2 aromatic heterocycles. The second-order valence-corrected chi connectivity index (χ2v) is 7.13. The van der Waals surface area contributed by atoms with Gasteiger partial charge in [-0.3, -0.25) is 0 Å². The number of anilines is 2. The number of carbonyl (C=O) groups is 1. The summed E-state index contributed by atoms with van der Waals surface area (Å²) in [4.78, 5) is 21.1. The third-order valence-corrected chi connectivity index (χ3v) is 5.28. The van der Waals surface area contributed by atoms with E-state index < -0.39 is 5.97 Å². The van der Waals surface area contributed by atoms with Crippen molar-refractivity contribution in [2.75, 3.05) is 49.7 Å². The van der Waals surface area contributed by atoms with Crippen LogP contribution < -0.4 is 14.5 Å². The van der Waals surface area contributed by atoms with Gasteiger partial charge < -0.3 is 19.3 Å². The Kier molecular flexibility index (Phi) is 5.65. The number of aromatic nitrogens is 3. The smallest absolute Gasteiger partial charge is 0.358 e. The molecule has 3 heterocycles. The summed E-state index contributed by atoms with van der Waals surface area (Å²) in [5.41, 5.74) is 2.29. The number of piperazine rings is 1. The van der Waals surface area contributed by atoms with Crippen molar-refractivity contribution >= 4 is 28.5 Å². The summed E-state index contributed by atoms with van der Waals surface area (Å²) < 4.78 is 10.5. The second kappa shape index (κ2) is 8.52. The first-order chi connectivity index (χ1) is 14.6. The lowest BCUT2D eigenvalue weighted by atomic mass is 10.1. The number of rotatable bonds is 5. The Morgan fingerprint density at radius 2 is 1.77 bits per heavy atom. The van der Waals surface area contributed by atoms with Crippen LogP contribution in [0.5, 0.6) is 5.75 Å². The van der Waals surface area contributed by atoms with Gasteiger partial charge >= 0.3 is 5.97 Å². The molecule has 0 aliphatic carbocycles. The number of pyridine rings is 1. The monoisotopic (exact) mass is 407 g/mol. The SMILES string of the molecule is CCOC(=O)c1ccc(N2CCN(c3cc(C)c4cccc(OC)c4n3)CC2)nn1. The fourth-order valence-electron chi connectivity index (χ4n) is 3.67. The van der Waals surface area contributed by atoms with Gasteiger partial charge in [0.05, 0.1) is 13.7 Å². The van der Waals surface area contributed by atoms with Crippen molar-refractivity contribution in [3.63, 3.8) is 0 Å². The van der Waals surface area contributed by atoms with Crippen LogP contribution in [0.4, 0.5) is 11.6 Å². The summed E-state index contributed by atoms with van der Waals surface area (Å²) in [7, 11) is 1.67. The van der Waals surface area contributed by atoms with Crippen LogP contribution in [0.1, 0.15) is 23.0 Å². The first-order valence-electron chi connectivity index (χ1n) is 10.1. The van der Waals surface area contributed by atoms with Gasteiger partial charge in [0.1, 0.15) is 17.1 Å². The highest BCUT2D eigenvalue weighted by atomic mass is 16.5.